The zero-order valence-electron chi connectivity index (χ0n) is 43.2. The number of fused-ring (bicyclic) bond motifs is 18. The smallest absolute Gasteiger partial charge is 0.188 e. The number of para-hydroxylation sites is 4. The van der Waals surface area contributed by atoms with Gasteiger partial charge in [0.25, 0.3) is 0 Å². The highest BCUT2D eigenvalue weighted by molar-refractivity contribution is 6.13. The summed E-state index contributed by atoms with van der Waals surface area (Å²) in [6.07, 6.45) is 3.71. The number of nitriles is 1. The Kier molecular flexibility index (Phi) is 9.31. The van der Waals surface area contributed by atoms with E-state index in [1.165, 1.54) is 21.8 Å². The van der Waals surface area contributed by atoms with E-state index in [0.29, 0.717) is 11.3 Å². The Bertz CT molecular complexity index is 5200. The average molecular weight is 1030 g/mol. The standard InChI is InChI=1S/C73H41N7O/c1-75-48-26-34-68-58(42-48)57-40-47(24-33-67(57)78(68)49-12-3-2-4-13-49)52-16-9-17-61-72(52)81-69-35-25-46(41-62(69)73(61)59-18-10-36-76-70(59)71-60(73)19-11-37-77-71)45-23-32-66-56(39-45)55-38-44(43-74)22-31-65(55)80(66)51-29-27-50(28-30-51)79-63-20-7-5-14-53(63)54-15-6-8-21-64(54)79/h2-42H. The normalized spacial score (nSPS) is 12.9. The zero-order chi connectivity index (χ0) is 53.5. The van der Waals surface area contributed by atoms with Crippen LogP contribution in [0.4, 0.5) is 5.69 Å². The SMILES string of the molecule is [C-]#[N+]c1ccc2c(c1)c1cc(-c3cccc4c3Oc3ccc(-c5ccc6c(c5)c5cc(C#N)ccc5n6-c5ccc(-n6c7ccccc7c7ccccc76)cc5)cc3C43c4cccnc4-c4ncccc43)ccc1n2-c1ccccc1. The van der Waals surface area contributed by atoms with E-state index in [1.54, 1.807) is 0 Å². The average Bonchev–Trinajstić information content (AvgIpc) is 4.18. The molecule has 0 saturated heterocycles. The van der Waals surface area contributed by atoms with Gasteiger partial charge in [-0.15, -0.1) is 0 Å². The maximum Gasteiger partial charge on any atom is 0.188 e. The van der Waals surface area contributed by atoms with Crippen LogP contribution in [0.2, 0.25) is 0 Å². The third-order valence-electron chi connectivity index (χ3n) is 17.0. The van der Waals surface area contributed by atoms with E-state index in [4.69, 9.17) is 21.3 Å². The molecule has 0 amide bonds. The van der Waals surface area contributed by atoms with Crippen LogP contribution in [0.15, 0.2) is 249 Å². The van der Waals surface area contributed by atoms with Crippen molar-refractivity contribution in [2.24, 2.45) is 0 Å². The van der Waals surface area contributed by atoms with Gasteiger partial charge in [0.15, 0.2) is 5.69 Å². The lowest BCUT2D eigenvalue weighted by Gasteiger charge is -2.40. The molecular weight excluding hydrogens is 991 g/mol. The number of pyridine rings is 2. The minimum absolute atomic E-state index is 0.594. The minimum atomic E-state index is -0.854. The van der Waals surface area contributed by atoms with Gasteiger partial charge in [-0.25, -0.2) is 4.85 Å². The van der Waals surface area contributed by atoms with E-state index in [-0.39, 0.29) is 0 Å². The van der Waals surface area contributed by atoms with Crippen molar-refractivity contribution in [2.45, 2.75) is 5.41 Å². The van der Waals surface area contributed by atoms with Gasteiger partial charge in [0, 0.05) is 73.1 Å². The number of rotatable bonds is 5. The molecule has 0 N–H and O–H groups in total. The van der Waals surface area contributed by atoms with Crippen LogP contribution < -0.4 is 4.74 Å². The van der Waals surface area contributed by atoms with E-state index in [1.807, 2.05) is 54.9 Å². The summed E-state index contributed by atoms with van der Waals surface area (Å²) in [7, 11) is 0. The van der Waals surface area contributed by atoms with Gasteiger partial charge in [0.05, 0.1) is 68.1 Å². The van der Waals surface area contributed by atoms with Crippen molar-refractivity contribution in [1.82, 2.24) is 23.7 Å². The van der Waals surface area contributed by atoms with Crippen LogP contribution in [0.5, 0.6) is 11.5 Å². The van der Waals surface area contributed by atoms with E-state index in [2.05, 4.69) is 219 Å². The molecule has 2 aliphatic rings. The second kappa shape index (κ2) is 16.8. The molecule has 10 aromatic carbocycles. The fourth-order valence-electron chi connectivity index (χ4n) is 13.6. The summed E-state index contributed by atoms with van der Waals surface area (Å²) < 4.78 is 14.3. The van der Waals surface area contributed by atoms with Crippen molar-refractivity contribution < 1.29 is 4.74 Å². The van der Waals surface area contributed by atoms with Gasteiger partial charge < -0.3 is 18.4 Å². The van der Waals surface area contributed by atoms with Gasteiger partial charge in [-0.05, 0) is 161 Å². The molecule has 1 aliphatic carbocycles. The van der Waals surface area contributed by atoms with Crippen molar-refractivity contribution in [1.29, 1.82) is 5.26 Å². The highest BCUT2D eigenvalue weighted by Crippen LogP contribution is 2.63. The Morgan fingerprint density at radius 3 is 1.56 bits per heavy atom. The second-order valence-electron chi connectivity index (χ2n) is 21.1. The van der Waals surface area contributed by atoms with Crippen molar-refractivity contribution in [3.63, 3.8) is 0 Å². The summed E-state index contributed by atoms with van der Waals surface area (Å²) in [5, 5.41) is 16.8. The van der Waals surface area contributed by atoms with Crippen molar-refractivity contribution in [3.8, 4) is 68.3 Å². The van der Waals surface area contributed by atoms with Crippen molar-refractivity contribution in [3.05, 3.63) is 288 Å². The summed E-state index contributed by atoms with van der Waals surface area (Å²) in [6, 6.07) is 85.7. The van der Waals surface area contributed by atoms with Crippen molar-refractivity contribution in [2.75, 3.05) is 0 Å². The molecule has 0 unspecified atom stereocenters. The molecule has 8 heteroatoms. The van der Waals surface area contributed by atoms with E-state index in [9.17, 15) is 5.26 Å². The van der Waals surface area contributed by atoms with E-state index in [0.717, 1.165) is 128 Å². The van der Waals surface area contributed by atoms with Crippen LogP contribution in [0.25, 0.3) is 121 Å². The Labute approximate surface area is 464 Å². The number of hydrogen-bond acceptors (Lipinski definition) is 4. The Morgan fingerprint density at radius 2 is 0.914 bits per heavy atom. The molecule has 0 atom stereocenters. The first-order chi connectivity index (χ1) is 40.1. The predicted octanol–water partition coefficient (Wildman–Crippen LogP) is 18.0. The topological polar surface area (TPSA) is 77.9 Å². The molecule has 1 spiro atoms. The molecule has 0 bridgehead atoms. The van der Waals surface area contributed by atoms with Crippen LogP contribution in [0.1, 0.15) is 27.8 Å². The molecule has 0 radical (unpaired) electrons. The Balaban J connectivity index is 0.833. The first kappa shape index (κ1) is 44.8. The number of ether oxygens (including phenoxy) is 1. The lowest BCUT2D eigenvalue weighted by atomic mass is 9.65. The van der Waals surface area contributed by atoms with Gasteiger partial charge >= 0.3 is 0 Å². The maximum absolute atomic E-state index is 10.3. The van der Waals surface area contributed by atoms with Gasteiger partial charge in [-0.2, -0.15) is 5.26 Å². The van der Waals surface area contributed by atoms with Crippen LogP contribution in [-0.2, 0) is 5.41 Å². The van der Waals surface area contributed by atoms with E-state index >= 15 is 0 Å². The van der Waals surface area contributed by atoms with Gasteiger partial charge in [0.2, 0.25) is 0 Å². The van der Waals surface area contributed by atoms with Gasteiger partial charge in [-0.1, -0.05) is 109 Å². The van der Waals surface area contributed by atoms with Crippen LogP contribution in [-0.4, -0.2) is 23.7 Å². The summed E-state index contributed by atoms with van der Waals surface area (Å²) in [5.41, 5.74) is 19.8. The number of aromatic nitrogens is 5. The number of benzene rings is 10. The first-order valence-corrected chi connectivity index (χ1v) is 27.0. The fourth-order valence-corrected chi connectivity index (χ4v) is 13.6. The maximum atomic E-state index is 10.3. The summed E-state index contributed by atoms with van der Waals surface area (Å²) in [4.78, 5) is 13.9. The lowest BCUT2D eigenvalue weighted by molar-refractivity contribution is 0.438. The summed E-state index contributed by atoms with van der Waals surface area (Å²) >= 11 is 0. The largest absolute Gasteiger partial charge is 0.456 e. The molecule has 5 aromatic heterocycles. The molecule has 8 nitrogen and oxygen atoms in total. The summed E-state index contributed by atoms with van der Waals surface area (Å²) in [5.74, 6) is 1.51. The summed E-state index contributed by atoms with van der Waals surface area (Å²) in [6.45, 7) is 7.93. The van der Waals surface area contributed by atoms with Crippen LogP contribution >= 0.6 is 0 Å². The molecule has 0 fully saturated rings. The fraction of sp³-hybridized carbons (Fsp3) is 0.0137. The number of nitrogens with zero attached hydrogens (tertiary/aromatic N) is 7. The highest BCUT2D eigenvalue weighted by atomic mass is 16.5. The highest BCUT2D eigenvalue weighted by Gasteiger charge is 2.53. The van der Waals surface area contributed by atoms with E-state index < -0.39 is 5.41 Å². The molecular formula is C73H41N7O. The molecule has 17 rings (SSSR count). The van der Waals surface area contributed by atoms with Crippen molar-refractivity contribution >= 4 is 71.1 Å². The quantitative estimate of drug-likeness (QED) is 0.161. The van der Waals surface area contributed by atoms with Crippen LogP contribution in [0.3, 0.4) is 0 Å². The molecule has 15 aromatic rings. The Morgan fingerprint density at radius 1 is 0.407 bits per heavy atom. The molecule has 0 saturated carbocycles. The molecule has 1 aliphatic heterocycles. The molecule has 374 valence electrons. The molecule has 81 heavy (non-hydrogen) atoms. The first-order valence-electron chi connectivity index (χ1n) is 27.0. The Hall–Kier alpha value is -11.3. The monoisotopic (exact) mass is 1030 g/mol. The van der Waals surface area contributed by atoms with Gasteiger partial charge in [-0.3, -0.25) is 9.97 Å². The third-order valence-corrected chi connectivity index (χ3v) is 17.0. The third kappa shape index (κ3) is 6.21. The van der Waals surface area contributed by atoms with Crippen LogP contribution in [0, 0.1) is 17.9 Å². The number of hydrogen-bond donors (Lipinski definition) is 0. The zero-order valence-corrected chi connectivity index (χ0v) is 43.2. The minimum Gasteiger partial charge on any atom is -0.456 e. The second-order valence-corrected chi connectivity index (χ2v) is 21.1. The lowest BCUT2D eigenvalue weighted by Crippen LogP contribution is -2.32. The van der Waals surface area contributed by atoms with Gasteiger partial charge in [0.1, 0.15) is 11.5 Å². The predicted molar refractivity (Wildman–Crippen MR) is 324 cm³/mol. The molecule has 6 heterocycles.